The minimum Gasteiger partial charge on any atom is -0.491 e. The van der Waals surface area contributed by atoms with E-state index in [-0.39, 0.29) is 0 Å². The summed E-state index contributed by atoms with van der Waals surface area (Å²) in [7, 11) is 0. The topological polar surface area (TPSA) is 53.1 Å². The van der Waals surface area contributed by atoms with Gasteiger partial charge in [0.2, 0.25) is 0 Å². The maximum atomic E-state index is 5.83. The second kappa shape index (κ2) is 5.12. The van der Waals surface area contributed by atoms with Crippen LogP contribution in [0.1, 0.15) is 16.7 Å². The van der Waals surface area contributed by atoms with E-state index in [9.17, 15) is 0 Å². The summed E-state index contributed by atoms with van der Waals surface area (Å²) in [6, 6.07) is 6.05. The number of aromatic nitrogens is 2. The molecule has 18 heavy (non-hydrogen) atoms. The molecule has 96 valence electrons. The molecule has 2 aromatic rings. The Labute approximate surface area is 107 Å². The molecule has 0 aliphatic rings. The molecule has 0 atom stereocenters. The smallest absolute Gasteiger partial charge is 0.145 e. The number of nitrogens with zero attached hydrogens (tertiary/aromatic N) is 2. The van der Waals surface area contributed by atoms with Gasteiger partial charge in [0.1, 0.15) is 18.2 Å². The minimum absolute atomic E-state index is 0.540. The average Bonchev–Trinajstić information content (AvgIpc) is 2.68. The highest BCUT2D eigenvalue weighted by Crippen LogP contribution is 2.24. The van der Waals surface area contributed by atoms with Crippen LogP contribution in [0.15, 0.2) is 24.4 Å². The molecule has 4 heteroatoms. The van der Waals surface area contributed by atoms with E-state index in [2.05, 4.69) is 38.0 Å². The molecule has 0 amide bonds. The SMILES string of the molecule is Cc1cc(C)c(OCCn2ccc(N)n2)c(C)c1. The van der Waals surface area contributed by atoms with Crippen molar-refractivity contribution in [1.29, 1.82) is 0 Å². The van der Waals surface area contributed by atoms with Gasteiger partial charge in [-0.3, -0.25) is 4.68 Å². The quantitative estimate of drug-likeness (QED) is 0.900. The Morgan fingerprint density at radius 2 is 1.89 bits per heavy atom. The fraction of sp³-hybridized carbons (Fsp3) is 0.357. The molecule has 0 fully saturated rings. The van der Waals surface area contributed by atoms with Crippen molar-refractivity contribution >= 4 is 5.82 Å². The number of ether oxygens (including phenoxy) is 1. The number of anilines is 1. The van der Waals surface area contributed by atoms with Crippen LogP contribution in [0.4, 0.5) is 5.82 Å². The fourth-order valence-corrected chi connectivity index (χ4v) is 2.14. The summed E-state index contributed by atoms with van der Waals surface area (Å²) in [6.45, 7) is 7.52. The Kier molecular flexibility index (Phi) is 3.55. The third-order valence-electron chi connectivity index (χ3n) is 2.83. The first kappa shape index (κ1) is 12.5. The van der Waals surface area contributed by atoms with Crippen LogP contribution in [-0.4, -0.2) is 16.4 Å². The maximum Gasteiger partial charge on any atom is 0.145 e. The molecule has 0 unspecified atom stereocenters. The molecule has 0 spiro atoms. The molecule has 0 saturated heterocycles. The van der Waals surface area contributed by atoms with Crippen LogP contribution in [0.25, 0.3) is 0 Å². The number of nitrogen functional groups attached to an aromatic ring is 1. The van der Waals surface area contributed by atoms with Crippen molar-refractivity contribution in [3.8, 4) is 5.75 Å². The van der Waals surface area contributed by atoms with E-state index in [0.717, 1.165) is 5.75 Å². The monoisotopic (exact) mass is 245 g/mol. The number of nitrogens with two attached hydrogens (primary N) is 1. The summed E-state index contributed by atoms with van der Waals surface area (Å²) >= 11 is 0. The number of hydrogen-bond acceptors (Lipinski definition) is 3. The second-order valence-electron chi connectivity index (χ2n) is 4.58. The number of hydrogen-bond donors (Lipinski definition) is 1. The summed E-state index contributed by atoms with van der Waals surface area (Å²) in [5.74, 6) is 1.51. The molecule has 1 aromatic carbocycles. The standard InChI is InChI=1S/C14H19N3O/c1-10-8-11(2)14(12(3)9-10)18-7-6-17-5-4-13(15)16-17/h4-5,8-9H,6-7H2,1-3H3,(H2,15,16). The normalized spacial score (nSPS) is 10.6. The highest BCUT2D eigenvalue weighted by Gasteiger charge is 2.05. The van der Waals surface area contributed by atoms with E-state index in [1.165, 1.54) is 16.7 Å². The van der Waals surface area contributed by atoms with Crippen LogP contribution in [0.3, 0.4) is 0 Å². The van der Waals surface area contributed by atoms with Gasteiger partial charge in [-0.25, -0.2) is 0 Å². The van der Waals surface area contributed by atoms with Crippen LogP contribution >= 0.6 is 0 Å². The van der Waals surface area contributed by atoms with Crippen molar-refractivity contribution in [3.63, 3.8) is 0 Å². The van der Waals surface area contributed by atoms with Gasteiger partial charge in [-0.15, -0.1) is 0 Å². The Morgan fingerprint density at radius 1 is 1.22 bits per heavy atom. The Bertz CT molecular complexity index is 523. The van der Waals surface area contributed by atoms with Gasteiger partial charge in [-0.2, -0.15) is 5.10 Å². The Balaban J connectivity index is 1.98. The number of benzene rings is 1. The van der Waals surface area contributed by atoms with E-state index in [1.807, 2.05) is 6.20 Å². The van der Waals surface area contributed by atoms with E-state index in [4.69, 9.17) is 10.5 Å². The van der Waals surface area contributed by atoms with Gasteiger partial charge >= 0.3 is 0 Å². The molecule has 1 aromatic heterocycles. The third kappa shape index (κ3) is 2.83. The molecule has 0 saturated carbocycles. The number of aryl methyl sites for hydroxylation is 3. The van der Waals surface area contributed by atoms with Crippen molar-refractivity contribution in [2.45, 2.75) is 27.3 Å². The third-order valence-corrected chi connectivity index (χ3v) is 2.83. The van der Waals surface area contributed by atoms with Gasteiger partial charge in [0, 0.05) is 6.20 Å². The molecular weight excluding hydrogens is 226 g/mol. The Morgan fingerprint density at radius 3 is 2.44 bits per heavy atom. The van der Waals surface area contributed by atoms with E-state index >= 15 is 0 Å². The zero-order chi connectivity index (χ0) is 13.1. The second-order valence-corrected chi connectivity index (χ2v) is 4.58. The highest BCUT2D eigenvalue weighted by atomic mass is 16.5. The average molecular weight is 245 g/mol. The summed E-state index contributed by atoms with van der Waals surface area (Å²) < 4.78 is 7.62. The maximum absolute atomic E-state index is 5.83. The predicted octanol–water partition coefficient (Wildman–Crippen LogP) is 2.47. The molecule has 0 bridgehead atoms. The van der Waals surface area contributed by atoms with Gasteiger partial charge in [0.25, 0.3) is 0 Å². The highest BCUT2D eigenvalue weighted by molar-refractivity contribution is 5.42. The van der Waals surface area contributed by atoms with Gasteiger partial charge in [0.15, 0.2) is 0 Å². The first-order valence-electron chi connectivity index (χ1n) is 6.06. The predicted molar refractivity (Wildman–Crippen MR) is 72.8 cm³/mol. The first-order valence-corrected chi connectivity index (χ1v) is 6.06. The van der Waals surface area contributed by atoms with Crippen LogP contribution in [-0.2, 0) is 6.54 Å². The lowest BCUT2D eigenvalue weighted by Crippen LogP contribution is -2.10. The van der Waals surface area contributed by atoms with Crippen LogP contribution in [0.5, 0.6) is 5.75 Å². The zero-order valence-corrected chi connectivity index (χ0v) is 11.1. The van der Waals surface area contributed by atoms with E-state index in [0.29, 0.717) is 19.0 Å². The van der Waals surface area contributed by atoms with Crippen LogP contribution < -0.4 is 10.5 Å². The Hall–Kier alpha value is -1.97. The van der Waals surface area contributed by atoms with Gasteiger partial charge < -0.3 is 10.5 Å². The lowest BCUT2D eigenvalue weighted by Gasteiger charge is -2.13. The summed E-state index contributed by atoms with van der Waals surface area (Å²) in [4.78, 5) is 0. The largest absolute Gasteiger partial charge is 0.491 e. The molecule has 2 N–H and O–H groups in total. The molecule has 4 nitrogen and oxygen atoms in total. The van der Waals surface area contributed by atoms with Crippen LogP contribution in [0, 0.1) is 20.8 Å². The van der Waals surface area contributed by atoms with Crippen molar-refractivity contribution in [3.05, 3.63) is 41.1 Å². The van der Waals surface area contributed by atoms with Gasteiger partial charge in [0.05, 0.1) is 6.54 Å². The molecule has 0 aliphatic carbocycles. The van der Waals surface area contributed by atoms with Crippen molar-refractivity contribution in [1.82, 2.24) is 9.78 Å². The molecule has 2 rings (SSSR count). The summed E-state index contributed by atoms with van der Waals surface area (Å²) in [5.41, 5.74) is 9.16. The molecular formula is C14H19N3O. The lowest BCUT2D eigenvalue weighted by atomic mass is 10.1. The van der Waals surface area contributed by atoms with Crippen molar-refractivity contribution in [2.24, 2.45) is 0 Å². The minimum atomic E-state index is 0.540. The summed E-state index contributed by atoms with van der Waals surface area (Å²) in [6.07, 6.45) is 1.85. The zero-order valence-electron chi connectivity index (χ0n) is 11.1. The lowest BCUT2D eigenvalue weighted by molar-refractivity contribution is 0.288. The van der Waals surface area contributed by atoms with Crippen molar-refractivity contribution in [2.75, 3.05) is 12.3 Å². The van der Waals surface area contributed by atoms with E-state index in [1.54, 1.807) is 10.7 Å². The number of rotatable bonds is 4. The van der Waals surface area contributed by atoms with Crippen LogP contribution in [0.2, 0.25) is 0 Å². The molecule has 0 radical (unpaired) electrons. The summed E-state index contributed by atoms with van der Waals surface area (Å²) in [5, 5.41) is 4.12. The van der Waals surface area contributed by atoms with Gasteiger partial charge in [-0.05, 0) is 38.0 Å². The first-order chi connectivity index (χ1) is 8.56. The van der Waals surface area contributed by atoms with Gasteiger partial charge in [-0.1, -0.05) is 17.7 Å². The van der Waals surface area contributed by atoms with Crippen molar-refractivity contribution < 1.29 is 4.74 Å². The fourth-order valence-electron chi connectivity index (χ4n) is 2.14. The molecule has 1 heterocycles. The molecule has 0 aliphatic heterocycles. The van der Waals surface area contributed by atoms with E-state index < -0.39 is 0 Å².